The number of piperazine rings is 1. The second-order valence-electron chi connectivity index (χ2n) is 8.06. The predicted octanol–water partition coefficient (Wildman–Crippen LogP) is 6.09. The van der Waals surface area contributed by atoms with E-state index in [0.717, 1.165) is 43.1 Å². The molecule has 0 amide bonds. The minimum Gasteiger partial charge on any atom is -0.368 e. The highest BCUT2D eigenvalue weighted by molar-refractivity contribution is 7.99. The number of hydrogen-bond donors (Lipinski definition) is 1. The van der Waals surface area contributed by atoms with E-state index in [0.29, 0.717) is 0 Å². The Morgan fingerprint density at radius 2 is 1.31 bits per heavy atom. The minimum atomic E-state index is 1.01. The van der Waals surface area contributed by atoms with E-state index in [-0.39, 0.29) is 0 Å². The van der Waals surface area contributed by atoms with Crippen molar-refractivity contribution in [1.29, 1.82) is 0 Å². The van der Waals surface area contributed by atoms with Gasteiger partial charge in [0, 0.05) is 47.2 Å². The molecule has 5 heteroatoms. The summed E-state index contributed by atoms with van der Waals surface area (Å²) in [7, 11) is 0. The lowest BCUT2D eigenvalue weighted by Crippen LogP contribution is -2.43. The molecule has 32 heavy (non-hydrogen) atoms. The van der Waals surface area contributed by atoms with Crippen LogP contribution in [0.25, 0.3) is 11.3 Å². The number of hydrogen-bond acceptors (Lipinski definition) is 5. The van der Waals surface area contributed by atoms with E-state index >= 15 is 0 Å². The molecule has 0 atom stereocenters. The van der Waals surface area contributed by atoms with Crippen molar-refractivity contribution in [2.75, 3.05) is 36.0 Å². The van der Waals surface area contributed by atoms with Crippen LogP contribution in [-0.4, -0.2) is 31.2 Å². The number of benzene rings is 3. The molecule has 4 nitrogen and oxygen atoms in total. The average Bonchev–Trinajstić information content (AvgIpc) is 2.88. The normalized spacial score (nSPS) is 15.2. The maximum atomic E-state index is 4.76. The third kappa shape index (κ3) is 3.53. The maximum Gasteiger partial charge on any atom is 0.0703 e. The molecule has 0 spiro atoms. The highest BCUT2D eigenvalue weighted by Gasteiger charge is 2.24. The summed E-state index contributed by atoms with van der Waals surface area (Å²) in [5.41, 5.74) is 6.95. The van der Waals surface area contributed by atoms with Crippen LogP contribution < -0.4 is 15.1 Å². The predicted molar refractivity (Wildman–Crippen MR) is 134 cm³/mol. The molecule has 0 saturated carbocycles. The molecule has 4 aromatic rings. The molecule has 6 rings (SSSR count). The van der Waals surface area contributed by atoms with Gasteiger partial charge < -0.3 is 15.1 Å². The molecule has 2 aliphatic heterocycles. The molecule has 0 radical (unpaired) electrons. The van der Waals surface area contributed by atoms with Crippen molar-refractivity contribution >= 4 is 34.5 Å². The summed E-state index contributed by atoms with van der Waals surface area (Å²) in [6.07, 6.45) is 2.00. The van der Waals surface area contributed by atoms with Crippen molar-refractivity contribution in [1.82, 2.24) is 10.3 Å². The largest absolute Gasteiger partial charge is 0.368 e. The van der Waals surface area contributed by atoms with Crippen LogP contribution in [0.15, 0.2) is 101 Å². The Kier molecular flexibility index (Phi) is 5.06. The molecule has 0 bridgehead atoms. The molecule has 158 valence electrons. The van der Waals surface area contributed by atoms with Crippen molar-refractivity contribution in [3.8, 4) is 11.3 Å². The smallest absolute Gasteiger partial charge is 0.0703 e. The van der Waals surface area contributed by atoms with Gasteiger partial charge >= 0.3 is 0 Å². The van der Waals surface area contributed by atoms with Crippen molar-refractivity contribution < 1.29 is 0 Å². The first kappa shape index (κ1) is 19.4. The molecule has 1 aromatic heterocycles. The monoisotopic (exact) mass is 436 g/mol. The average molecular weight is 437 g/mol. The zero-order valence-corrected chi connectivity index (χ0v) is 18.6. The third-order valence-corrected chi connectivity index (χ3v) is 7.21. The number of rotatable bonds is 3. The second-order valence-corrected chi connectivity index (χ2v) is 9.14. The van der Waals surface area contributed by atoms with Crippen LogP contribution in [0.5, 0.6) is 0 Å². The van der Waals surface area contributed by atoms with E-state index in [2.05, 4.69) is 100 Å². The van der Waals surface area contributed by atoms with Crippen LogP contribution in [0, 0.1) is 0 Å². The molecule has 1 N–H and O–H groups in total. The summed E-state index contributed by atoms with van der Waals surface area (Å²) in [5, 5.41) is 3.40. The summed E-state index contributed by atoms with van der Waals surface area (Å²) >= 11 is 1.83. The fourth-order valence-electron chi connectivity index (χ4n) is 4.43. The zero-order chi connectivity index (χ0) is 21.3. The fraction of sp³-hybridized carbons (Fsp3) is 0.148. The SMILES string of the molecule is c1ccc2c(c1)Sc1ccccc1N2c1ccc(-c2ccc(N3CCNCC3)cn2)cc1. The molecule has 1 fully saturated rings. The number of fused-ring (bicyclic) bond motifs is 2. The number of para-hydroxylation sites is 2. The summed E-state index contributed by atoms with van der Waals surface area (Å²) in [6, 6.07) is 30.3. The second kappa shape index (κ2) is 8.34. The van der Waals surface area contributed by atoms with Crippen LogP contribution in [0.1, 0.15) is 0 Å². The Labute approximate surface area is 192 Å². The van der Waals surface area contributed by atoms with Gasteiger partial charge in [0.25, 0.3) is 0 Å². The summed E-state index contributed by atoms with van der Waals surface area (Å²) in [6.45, 7) is 4.13. The van der Waals surface area contributed by atoms with Crippen molar-refractivity contribution in [2.24, 2.45) is 0 Å². The van der Waals surface area contributed by atoms with Gasteiger partial charge in [-0.1, -0.05) is 48.2 Å². The molecule has 3 aromatic carbocycles. The highest BCUT2D eigenvalue weighted by Crippen LogP contribution is 2.51. The topological polar surface area (TPSA) is 31.4 Å². The Balaban J connectivity index is 1.31. The molecule has 1 saturated heterocycles. The van der Waals surface area contributed by atoms with Gasteiger partial charge in [-0.2, -0.15) is 0 Å². The van der Waals surface area contributed by atoms with Gasteiger partial charge in [-0.3, -0.25) is 4.98 Å². The lowest BCUT2D eigenvalue weighted by molar-refractivity contribution is 0.589. The van der Waals surface area contributed by atoms with E-state index in [4.69, 9.17) is 4.98 Å². The van der Waals surface area contributed by atoms with E-state index in [1.54, 1.807) is 0 Å². The molecule has 2 aliphatic rings. The zero-order valence-electron chi connectivity index (χ0n) is 17.7. The summed E-state index contributed by atoms with van der Waals surface area (Å²) in [5.74, 6) is 0. The Hall–Kier alpha value is -3.28. The van der Waals surface area contributed by atoms with E-state index < -0.39 is 0 Å². The van der Waals surface area contributed by atoms with Crippen LogP contribution in [0.2, 0.25) is 0 Å². The van der Waals surface area contributed by atoms with Gasteiger partial charge in [-0.25, -0.2) is 0 Å². The molecule has 0 aliphatic carbocycles. The first-order valence-corrected chi connectivity index (χ1v) is 11.9. The third-order valence-electron chi connectivity index (χ3n) is 6.08. The lowest BCUT2D eigenvalue weighted by Gasteiger charge is -2.32. The van der Waals surface area contributed by atoms with Gasteiger partial charge in [-0.15, -0.1) is 0 Å². The number of pyridine rings is 1. The van der Waals surface area contributed by atoms with Crippen LogP contribution >= 0.6 is 11.8 Å². The van der Waals surface area contributed by atoms with Gasteiger partial charge in [0.15, 0.2) is 0 Å². The molecule has 3 heterocycles. The van der Waals surface area contributed by atoms with Crippen LogP contribution in [0.4, 0.5) is 22.7 Å². The van der Waals surface area contributed by atoms with Gasteiger partial charge in [0.2, 0.25) is 0 Å². The lowest BCUT2D eigenvalue weighted by atomic mass is 10.1. The van der Waals surface area contributed by atoms with Crippen molar-refractivity contribution in [2.45, 2.75) is 9.79 Å². The molecule has 0 unspecified atom stereocenters. The summed E-state index contributed by atoms with van der Waals surface area (Å²) < 4.78 is 0. The van der Waals surface area contributed by atoms with E-state index in [1.807, 2.05) is 18.0 Å². The Bertz CT molecular complexity index is 1190. The first-order chi connectivity index (χ1) is 15.9. The van der Waals surface area contributed by atoms with Crippen LogP contribution in [-0.2, 0) is 0 Å². The van der Waals surface area contributed by atoms with E-state index in [1.165, 1.54) is 26.9 Å². The quantitative estimate of drug-likeness (QED) is 0.370. The first-order valence-electron chi connectivity index (χ1n) is 11.0. The van der Waals surface area contributed by atoms with Crippen molar-refractivity contribution in [3.63, 3.8) is 0 Å². The standard InChI is InChI=1S/C27H24N4S/c1-3-7-26-24(5-1)31(25-6-2-4-8-27(25)32-26)21-11-9-20(10-12-21)23-14-13-22(19-29-23)30-17-15-28-16-18-30/h1-14,19,28H,15-18H2. The Morgan fingerprint density at radius 1 is 0.688 bits per heavy atom. The van der Waals surface area contributed by atoms with Crippen LogP contribution in [0.3, 0.4) is 0 Å². The minimum absolute atomic E-state index is 1.01. The number of anilines is 4. The Morgan fingerprint density at radius 3 is 1.94 bits per heavy atom. The number of nitrogens with zero attached hydrogens (tertiary/aromatic N) is 3. The number of aromatic nitrogens is 1. The molecular weight excluding hydrogens is 412 g/mol. The molecular formula is C27H24N4S. The highest BCUT2D eigenvalue weighted by atomic mass is 32.2. The maximum absolute atomic E-state index is 4.76. The fourth-order valence-corrected chi connectivity index (χ4v) is 5.49. The summed E-state index contributed by atoms with van der Waals surface area (Å²) in [4.78, 5) is 12.1. The van der Waals surface area contributed by atoms with Gasteiger partial charge in [0.1, 0.15) is 0 Å². The van der Waals surface area contributed by atoms with Gasteiger partial charge in [-0.05, 0) is 48.5 Å². The van der Waals surface area contributed by atoms with Gasteiger partial charge in [0.05, 0.1) is 29.0 Å². The van der Waals surface area contributed by atoms with Crippen molar-refractivity contribution in [3.05, 3.63) is 91.1 Å². The van der Waals surface area contributed by atoms with E-state index in [9.17, 15) is 0 Å². The number of nitrogens with one attached hydrogen (secondary N) is 1.